The molecule has 0 unspecified atom stereocenters. The lowest BCUT2D eigenvalue weighted by atomic mass is 10.0. The lowest BCUT2D eigenvalue weighted by Gasteiger charge is -2.38. The molecule has 144 valence electrons. The molecule has 2 aliphatic heterocycles. The third kappa shape index (κ3) is 4.02. The molecule has 0 aromatic heterocycles. The fourth-order valence-corrected chi connectivity index (χ4v) is 4.42. The van der Waals surface area contributed by atoms with Gasteiger partial charge in [0.25, 0.3) is 0 Å². The first kappa shape index (κ1) is 19.1. The van der Waals surface area contributed by atoms with Crippen LogP contribution in [0.3, 0.4) is 0 Å². The van der Waals surface area contributed by atoms with Crippen LogP contribution >= 0.6 is 0 Å². The third-order valence-electron chi connectivity index (χ3n) is 5.01. The van der Waals surface area contributed by atoms with Gasteiger partial charge in [-0.2, -0.15) is 0 Å². The Morgan fingerprint density at radius 3 is 2.38 bits per heavy atom. The number of anilines is 1. The predicted molar refractivity (Wildman–Crippen MR) is 98.5 cm³/mol. The van der Waals surface area contributed by atoms with Gasteiger partial charge in [-0.1, -0.05) is 25.1 Å². The number of ether oxygens (including phenoxy) is 2. The van der Waals surface area contributed by atoms with E-state index in [1.165, 1.54) is 4.31 Å². The van der Waals surface area contributed by atoms with Gasteiger partial charge in [-0.3, -0.25) is 9.10 Å². The maximum Gasteiger partial charge on any atom is 0.243 e. The summed E-state index contributed by atoms with van der Waals surface area (Å²) in [6.07, 6.45) is 3.06. The zero-order valence-corrected chi connectivity index (χ0v) is 16.1. The molecule has 3 rings (SSSR count). The van der Waals surface area contributed by atoms with E-state index in [-0.39, 0.29) is 12.5 Å². The second-order valence-corrected chi connectivity index (χ2v) is 8.65. The van der Waals surface area contributed by atoms with Crippen molar-refractivity contribution in [3.8, 4) is 0 Å². The Labute approximate surface area is 154 Å². The number of amides is 1. The summed E-state index contributed by atoms with van der Waals surface area (Å²) in [6, 6.07) is 7.29. The van der Waals surface area contributed by atoms with Gasteiger partial charge in [0, 0.05) is 25.9 Å². The number of hydrogen-bond donors (Lipinski definition) is 0. The first-order valence-electron chi connectivity index (χ1n) is 8.96. The van der Waals surface area contributed by atoms with E-state index in [9.17, 15) is 13.2 Å². The van der Waals surface area contributed by atoms with Crippen molar-refractivity contribution in [2.45, 2.75) is 32.0 Å². The highest BCUT2D eigenvalue weighted by Gasteiger charge is 2.41. The van der Waals surface area contributed by atoms with E-state index >= 15 is 0 Å². The standard InChI is InChI=1S/C18H26N2O5S/c1-3-15-6-4-5-7-16(15)20(26(2,22)23)14-17(21)19-10-8-18(9-11-19)24-12-13-25-18/h4-7H,3,8-14H2,1-2H3. The molecule has 1 aromatic rings. The van der Waals surface area contributed by atoms with E-state index < -0.39 is 15.8 Å². The van der Waals surface area contributed by atoms with Gasteiger partial charge in [0.1, 0.15) is 6.54 Å². The van der Waals surface area contributed by atoms with Gasteiger partial charge in [-0.05, 0) is 18.1 Å². The van der Waals surface area contributed by atoms with E-state index in [4.69, 9.17) is 9.47 Å². The monoisotopic (exact) mass is 382 g/mol. The lowest BCUT2D eigenvalue weighted by molar-refractivity contribution is -0.187. The van der Waals surface area contributed by atoms with Gasteiger partial charge in [0.05, 0.1) is 25.2 Å². The average Bonchev–Trinajstić information content (AvgIpc) is 3.07. The van der Waals surface area contributed by atoms with Crippen molar-refractivity contribution in [3.05, 3.63) is 29.8 Å². The topological polar surface area (TPSA) is 76.2 Å². The molecule has 2 saturated heterocycles. The number of carbonyl (C=O) groups excluding carboxylic acids is 1. The van der Waals surface area contributed by atoms with Crippen LogP contribution in [0.5, 0.6) is 0 Å². The molecule has 1 spiro atoms. The Bertz CT molecular complexity index is 749. The number of nitrogens with zero attached hydrogens (tertiary/aromatic N) is 2. The smallest absolute Gasteiger partial charge is 0.243 e. The highest BCUT2D eigenvalue weighted by molar-refractivity contribution is 7.92. The molecule has 0 saturated carbocycles. The molecular weight excluding hydrogens is 356 g/mol. The van der Waals surface area contributed by atoms with Crippen LogP contribution in [0.4, 0.5) is 5.69 Å². The molecule has 0 atom stereocenters. The Morgan fingerprint density at radius 2 is 1.81 bits per heavy atom. The van der Waals surface area contributed by atoms with Crippen LogP contribution in [-0.4, -0.2) is 64.1 Å². The highest BCUT2D eigenvalue weighted by atomic mass is 32.2. The Hall–Kier alpha value is -1.64. The zero-order valence-electron chi connectivity index (χ0n) is 15.3. The first-order valence-corrected chi connectivity index (χ1v) is 10.8. The maximum absolute atomic E-state index is 12.8. The van der Waals surface area contributed by atoms with Crippen molar-refractivity contribution in [3.63, 3.8) is 0 Å². The second kappa shape index (κ2) is 7.54. The Kier molecular flexibility index (Phi) is 5.55. The summed E-state index contributed by atoms with van der Waals surface area (Å²) in [5.74, 6) is -0.753. The maximum atomic E-state index is 12.8. The molecule has 2 heterocycles. The minimum absolute atomic E-state index is 0.190. The van der Waals surface area contributed by atoms with Gasteiger partial charge in [0.15, 0.2) is 5.79 Å². The van der Waals surface area contributed by atoms with Crippen LogP contribution in [0.1, 0.15) is 25.3 Å². The van der Waals surface area contributed by atoms with Crippen molar-refractivity contribution in [1.82, 2.24) is 4.90 Å². The molecule has 0 N–H and O–H groups in total. The SMILES string of the molecule is CCc1ccccc1N(CC(=O)N1CCC2(CC1)OCCO2)S(C)(=O)=O. The Balaban J connectivity index is 1.73. The number of para-hydroxylation sites is 1. The van der Waals surface area contributed by atoms with Crippen molar-refractivity contribution in [2.75, 3.05) is 43.4 Å². The number of sulfonamides is 1. The molecule has 2 aliphatic rings. The number of hydrogen-bond acceptors (Lipinski definition) is 5. The molecule has 7 nitrogen and oxygen atoms in total. The summed E-state index contributed by atoms with van der Waals surface area (Å²) < 4.78 is 37.2. The van der Waals surface area contributed by atoms with Crippen LogP contribution in [0, 0.1) is 0 Å². The molecule has 1 amide bonds. The van der Waals surface area contributed by atoms with Gasteiger partial charge >= 0.3 is 0 Å². The largest absolute Gasteiger partial charge is 0.347 e. The van der Waals surface area contributed by atoms with Crippen LogP contribution in [0.15, 0.2) is 24.3 Å². The van der Waals surface area contributed by atoms with E-state index in [0.29, 0.717) is 51.3 Å². The van der Waals surface area contributed by atoms with Crippen LogP contribution in [-0.2, 0) is 30.7 Å². The number of aryl methyl sites for hydroxylation is 1. The predicted octanol–water partition coefficient (Wildman–Crippen LogP) is 1.38. The van der Waals surface area contributed by atoms with Gasteiger partial charge < -0.3 is 14.4 Å². The summed E-state index contributed by atoms with van der Waals surface area (Å²) in [6.45, 7) is 3.96. The number of rotatable bonds is 5. The first-order chi connectivity index (χ1) is 12.3. The van der Waals surface area contributed by atoms with E-state index in [2.05, 4.69) is 0 Å². The Morgan fingerprint density at radius 1 is 1.19 bits per heavy atom. The molecule has 0 aliphatic carbocycles. The summed E-state index contributed by atoms with van der Waals surface area (Å²) >= 11 is 0. The summed E-state index contributed by atoms with van der Waals surface area (Å²) in [5, 5.41) is 0. The fraction of sp³-hybridized carbons (Fsp3) is 0.611. The van der Waals surface area contributed by atoms with Crippen LogP contribution in [0.25, 0.3) is 0 Å². The van der Waals surface area contributed by atoms with Gasteiger partial charge in [0.2, 0.25) is 15.9 Å². The summed E-state index contributed by atoms with van der Waals surface area (Å²) in [7, 11) is -3.57. The van der Waals surface area contributed by atoms with Gasteiger partial charge in [-0.25, -0.2) is 8.42 Å². The van der Waals surface area contributed by atoms with E-state index in [1.807, 2.05) is 19.1 Å². The molecule has 8 heteroatoms. The fourth-order valence-electron chi connectivity index (χ4n) is 3.54. The van der Waals surface area contributed by atoms with Crippen LogP contribution in [0.2, 0.25) is 0 Å². The molecular formula is C18H26N2O5S. The minimum Gasteiger partial charge on any atom is -0.347 e. The minimum atomic E-state index is -3.57. The molecule has 2 fully saturated rings. The van der Waals surface area contributed by atoms with Crippen LogP contribution < -0.4 is 4.31 Å². The summed E-state index contributed by atoms with van der Waals surface area (Å²) in [4.78, 5) is 14.5. The lowest BCUT2D eigenvalue weighted by Crippen LogP contribution is -2.50. The molecule has 0 radical (unpaired) electrons. The number of carbonyl (C=O) groups is 1. The molecule has 1 aromatic carbocycles. The summed E-state index contributed by atoms with van der Waals surface area (Å²) in [5.41, 5.74) is 1.47. The third-order valence-corrected chi connectivity index (χ3v) is 6.14. The van der Waals surface area contributed by atoms with Crippen molar-refractivity contribution in [1.29, 1.82) is 0 Å². The normalized spacial score (nSPS) is 19.7. The number of piperidine rings is 1. The second-order valence-electron chi connectivity index (χ2n) is 6.74. The highest BCUT2D eigenvalue weighted by Crippen LogP contribution is 2.31. The average molecular weight is 382 g/mol. The molecule has 26 heavy (non-hydrogen) atoms. The zero-order chi connectivity index (χ0) is 18.8. The van der Waals surface area contributed by atoms with Crippen molar-refractivity contribution in [2.24, 2.45) is 0 Å². The van der Waals surface area contributed by atoms with E-state index in [0.717, 1.165) is 11.8 Å². The quantitative estimate of drug-likeness (QED) is 0.769. The number of benzene rings is 1. The molecule has 0 bridgehead atoms. The van der Waals surface area contributed by atoms with Crippen molar-refractivity contribution < 1.29 is 22.7 Å². The number of likely N-dealkylation sites (tertiary alicyclic amines) is 1. The van der Waals surface area contributed by atoms with Gasteiger partial charge in [-0.15, -0.1) is 0 Å². The van der Waals surface area contributed by atoms with Crippen molar-refractivity contribution >= 4 is 21.6 Å². The van der Waals surface area contributed by atoms with E-state index in [1.54, 1.807) is 17.0 Å².